The minimum atomic E-state index is 0. The van der Waals surface area contributed by atoms with Gasteiger partial charge >= 0.3 is 37.7 Å². The molecule has 1 rings (SSSR count). The van der Waals surface area contributed by atoms with E-state index in [4.69, 9.17) is 5.11 Å². The van der Waals surface area contributed by atoms with E-state index in [1.807, 2.05) is 18.2 Å². The van der Waals surface area contributed by atoms with Gasteiger partial charge in [0.2, 0.25) is 0 Å². The van der Waals surface area contributed by atoms with Gasteiger partial charge in [0.25, 0.3) is 0 Å². The molecule has 0 heterocycles. The average molecular weight is 176 g/mol. The number of aromatic hydroxyl groups is 1. The van der Waals surface area contributed by atoms with E-state index in [1.54, 1.807) is 12.1 Å². The maximum atomic E-state index is 8.90. The Morgan fingerprint density at radius 3 is 2.27 bits per heavy atom. The Kier molecular flexibility index (Phi) is 5.65. The summed E-state index contributed by atoms with van der Waals surface area (Å²) in [5.41, 5.74) is 1.17. The summed E-state index contributed by atoms with van der Waals surface area (Å²) in [4.78, 5) is 0. The number of phenols is 1. The molecule has 2 heteroatoms. The van der Waals surface area contributed by atoms with Crippen molar-refractivity contribution in [1.82, 2.24) is 0 Å². The van der Waals surface area contributed by atoms with Crippen LogP contribution in [0.3, 0.4) is 0 Å². The molecule has 0 bridgehead atoms. The summed E-state index contributed by atoms with van der Waals surface area (Å²) in [6.45, 7) is 3.62. The Labute approximate surface area is 96.7 Å². The van der Waals surface area contributed by atoms with E-state index >= 15 is 0 Å². The third-order valence-corrected chi connectivity index (χ3v) is 1.32. The number of allylic oxidation sites excluding steroid dienone is 1. The zero-order valence-corrected chi connectivity index (χ0v) is 5.75. The van der Waals surface area contributed by atoms with E-state index in [1.165, 1.54) is 5.56 Å². The molecule has 0 unspecified atom stereocenters. The zero-order valence-electron chi connectivity index (χ0n) is 5.75. The number of hydrogen-bond donors (Lipinski definition) is 1. The fraction of sp³-hybridized carbons (Fsp3) is 0.111. The second kappa shape index (κ2) is 5.64. The fourth-order valence-corrected chi connectivity index (χ4v) is 0.799. The van der Waals surface area contributed by atoms with Gasteiger partial charge in [-0.05, 0) is 24.1 Å². The maximum absolute atomic E-state index is 8.90. The molecule has 0 fully saturated rings. The molecule has 0 radical (unpaired) electrons. The number of benzene rings is 1. The van der Waals surface area contributed by atoms with Gasteiger partial charge in [-0.25, -0.2) is 0 Å². The van der Waals surface area contributed by atoms with Crippen LogP contribution in [-0.2, 0) is 6.42 Å². The van der Waals surface area contributed by atoms with E-state index in [0.29, 0.717) is 5.75 Å². The predicted octanol–water partition coefficient (Wildman–Crippen LogP) is 1.20. The SMILES string of the molecule is C=CCc1ccc(O)cc1.[CaH2]. The van der Waals surface area contributed by atoms with Crippen LogP contribution < -0.4 is 0 Å². The summed E-state index contributed by atoms with van der Waals surface area (Å²) in [5.74, 6) is 0.313. The molecule has 1 nitrogen and oxygen atoms in total. The second-order valence-corrected chi connectivity index (χ2v) is 2.16. The minimum absolute atomic E-state index is 0. The van der Waals surface area contributed by atoms with Crippen LogP contribution in [0, 0.1) is 0 Å². The Morgan fingerprint density at radius 1 is 1.27 bits per heavy atom. The molecule has 0 aliphatic rings. The quantitative estimate of drug-likeness (QED) is 0.530. The molecule has 0 spiro atoms. The number of rotatable bonds is 2. The first-order valence-electron chi connectivity index (χ1n) is 3.22. The first-order valence-corrected chi connectivity index (χ1v) is 3.22. The summed E-state index contributed by atoms with van der Waals surface area (Å²) in [6, 6.07) is 7.13. The molecule has 0 aliphatic heterocycles. The fourth-order valence-electron chi connectivity index (χ4n) is 0.799. The van der Waals surface area contributed by atoms with Gasteiger partial charge in [-0.3, -0.25) is 0 Å². The van der Waals surface area contributed by atoms with E-state index in [0.717, 1.165) is 6.42 Å². The van der Waals surface area contributed by atoms with E-state index in [-0.39, 0.29) is 37.7 Å². The summed E-state index contributed by atoms with van der Waals surface area (Å²) in [5, 5.41) is 8.90. The van der Waals surface area contributed by atoms with Crippen molar-refractivity contribution in [3.8, 4) is 5.75 Å². The molecule has 1 aromatic rings. The van der Waals surface area contributed by atoms with Gasteiger partial charge in [-0.1, -0.05) is 18.2 Å². The Hall–Kier alpha value is 0.0197. The van der Waals surface area contributed by atoms with Gasteiger partial charge in [0, 0.05) is 0 Å². The average Bonchev–Trinajstić information content (AvgIpc) is 1.95. The molecule has 0 aromatic heterocycles. The molecule has 56 valence electrons. The van der Waals surface area contributed by atoms with Gasteiger partial charge < -0.3 is 5.11 Å². The van der Waals surface area contributed by atoms with Crippen LogP contribution in [0.15, 0.2) is 36.9 Å². The Morgan fingerprint density at radius 2 is 1.82 bits per heavy atom. The monoisotopic (exact) mass is 176 g/mol. The van der Waals surface area contributed by atoms with Crippen LogP contribution in [0.2, 0.25) is 0 Å². The van der Waals surface area contributed by atoms with Crippen LogP contribution in [0.25, 0.3) is 0 Å². The first kappa shape index (κ1) is 11.0. The molecule has 1 aromatic carbocycles. The van der Waals surface area contributed by atoms with Crippen LogP contribution >= 0.6 is 0 Å². The van der Waals surface area contributed by atoms with Gasteiger partial charge in [0.15, 0.2) is 0 Å². The van der Waals surface area contributed by atoms with Crippen molar-refractivity contribution in [2.24, 2.45) is 0 Å². The Balaban J connectivity index is 0.000001000. The normalized spacial score (nSPS) is 8.36. The number of hydrogen-bond acceptors (Lipinski definition) is 1. The summed E-state index contributed by atoms with van der Waals surface area (Å²) < 4.78 is 0. The second-order valence-electron chi connectivity index (χ2n) is 2.16. The van der Waals surface area contributed by atoms with Crippen molar-refractivity contribution >= 4 is 37.7 Å². The van der Waals surface area contributed by atoms with Crippen LogP contribution in [0.1, 0.15) is 5.56 Å². The molecule has 0 saturated heterocycles. The molecule has 1 N–H and O–H groups in total. The Bertz CT molecular complexity index is 216. The summed E-state index contributed by atoms with van der Waals surface area (Å²) in [7, 11) is 0. The summed E-state index contributed by atoms with van der Waals surface area (Å²) in [6.07, 6.45) is 2.70. The molecule has 11 heavy (non-hydrogen) atoms. The molecule has 0 amide bonds. The van der Waals surface area contributed by atoms with Crippen molar-refractivity contribution in [3.05, 3.63) is 42.5 Å². The number of phenolic OH excluding ortho intramolecular Hbond substituents is 1. The standard InChI is InChI=1S/C9H10O.Ca.2H/c1-2-3-8-4-6-9(10)7-5-8;;;/h2,4-7,10H,1,3H2;;;. The molecular weight excluding hydrogens is 164 g/mol. The van der Waals surface area contributed by atoms with Gasteiger partial charge in [-0.2, -0.15) is 0 Å². The predicted molar refractivity (Wildman–Crippen MR) is 50.6 cm³/mol. The van der Waals surface area contributed by atoms with Crippen molar-refractivity contribution < 1.29 is 5.11 Å². The van der Waals surface area contributed by atoms with Gasteiger partial charge in [0.1, 0.15) is 5.75 Å². The molecule has 0 saturated carbocycles. The summed E-state index contributed by atoms with van der Waals surface area (Å²) >= 11 is 0. The topological polar surface area (TPSA) is 20.2 Å². The zero-order chi connectivity index (χ0) is 7.40. The van der Waals surface area contributed by atoms with E-state index in [2.05, 4.69) is 6.58 Å². The van der Waals surface area contributed by atoms with Crippen LogP contribution in [0.4, 0.5) is 0 Å². The molecular formula is C9H12CaO. The first-order chi connectivity index (χ1) is 4.83. The van der Waals surface area contributed by atoms with Crippen LogP contribution in [0.5, 0.6) is 5.75 Å². The van der Waals surface area contributed by atoms with E-state index in [9.17, 15) is 0 Å². The van der Waals surface area contributed by atoms with E-state index < -0.39 is 0 Å². The van der Waals surface area contributed by atoms with Crippen LogP contribution in [-0.4, -0.2) is 42.8 Å². The van der Waals surface area contributed by atoms with Gasteiger partial charge in [-0.15, -0.1) is 6.58 Å². The van der Waals surface area contributed by atoms with Gasteiger partial charge in [0.05, 0.1) is 0 Å². The van der Waals surface area contributed by atoms with Crippen molar-refractivity contribution in [3.63, 3.8) is 0 Å². The van der Waals surface area contributed by atoms with Crippen molar-refractivity contribution in [2.75, 3.05) is 0 Å². The van der Waals surface area contributed by atoms with Crippen molar-refractivity contribution in [2.45, 2.75) is 6.42 Å². The van der Waals surface area contributed by atoms with Crippen molar-refractivity contribution in [1.29, 1.82) is 0 Å². The third kappa shape index (κ3) is 3.80. The molecule has 0 aliphatic carbocycles. The third-order valence-electron chi connectivity index (χ3n) is 1.32. The molecule has 0 atom stereocenters.